The molecule has 7 heteroatoms. The van der Waals surface area contributed by atoms with Gasteiger partial charge in [-0.1, -0.05) is 22.0 Å². The third-order valence-electron chi connectivity index (χ3n) is 3.27. The normalized spacial score (nSPS) is 12.6. The van der Waals surface area contributed by atoms with Crippen LogP contribution in [0.25, 0.3) is 11.1 Å². The molecule has 2 rings (SSSR count). The summed E-state index contributed by atoms with van der Waals surface area (Å²) in [5.41, 5.74) is -1.91. The fourth-order valence-corrected chi connectivity index (χ4v) is 2.90. The minimum absolute atomic E-state index is 0.129. The molecule has 0 N–H and O–H groups in total. The zero-order valence-corrected chi connectivity index (χ0v) is 13.6. The third-order valence-corrected chi connectivity index (χ3v) is 3.93. The highest BCUT2D eigenvalue weighted by atomic mass is 79.9. The Morgan fingerprint density at radius 3 is 1.87 bits per heavy atom. The molecule has 0 saturated carbocycles. The predicted molar refractivity (Wildman–Crippen MR) is 78.6 cm³/mol. The first-order chi connectivity index (χ1) is 10.4. The van der Waals surface area contributed by atoms with Crippen molar-refractivity contribution in [2.45, 2.75) is 25.7 Å². The van der Waals surface area contributed by atoms with Gasteiger partial charge in [-0.15, -0.1) is 0 Å². The number of halogens is 7. The second-order valence-electron chi connectivity index (χ2n) is 5.28. The van der Waals surface area contributed by atoms with Crippen LogP contribution in [0.5, 0.6) is 0 Å². The molecule has 0 nitrogen and oxygen atoms in total. The van der Waals surface area contributed by atoms with E-state index >= 15 is 0 Å². The highest BCUT2D eigenvalue weighted by molar-refractivity contribution is 9.10. The van der Waals surface area contributed by atoms with Crippen LogP contribution in [0.4, 0.5) is 26.3 Å². The Bertz CT molecular complexity index is 743. The molecule has 0 amide bonds. The molecule has 0 heterocycles. The van der Waals surface area contributed by atoms with Gasteiger partial charge in [-0.3, -0.25) is 0 Å². The number of hydrogen-bond acceptors (Lipinski definition) is 0. The monoisotopic (exact) mass is 396 g/mol. The zero-order valence-electron chi connectivity index (χ0n) is 12.0. The first-order valence-corrected chi connectivity index (χ1v) is 7.26. The summed E-state index contributed by atoms with van der Waals surface area (Å²) in [6, 6.07) is 4.08. The Labute approximate surface area is 137 Å². The zero-order chi connectivity index (χ0) is 17.6. The van der Waals surface area contributed by atoms with Gasteiger partial charge in [0, 0.05) is 35.0 Å². The maximum Gasteiger partial charge on any atom is 0.271 e. The van der Waals surface area contributed by atoms with E-state index in [1.54, 1.807) is 0 Å². The van der Waals surface area contributed by atoms with Gasteiger partial charge in [-0.25, -0.2) is 26.3 Å². The summed E-state index contributed by atoms with van der Waals surface area (Å²) in [6.07, 6.45) is 0. The standard InChI is InChI=1S/C16H11BrF6/c1-15(20,21)11-5-8(18)3-4-9(11)10-6-13(17)12(7-14(10)19)16(2,22)23/h3-7H,1-2H3. The molecular formula is C16H11BrF6. The largest absolute Gasteiger partial charge is 0.271 e. The van der Waals surface area contributed by atoms with E-state index < -0.39 is 34.6 Å². The van der Waals surface area contributed by atoms with Gasteiger partial charge in [-0.05, 0) is 29.8 Å². The minimum atomic E-state index is -3.43. The van der Waals surface area contributed by atoms with E-state index in [1.807, 2.05) is 0 Å². The summed E-state index contributed by atoms with van der Waals surface area (Å²) in [5.74, 6) is -8.73. The van der Waals surface area contributed by atoms with Crippen LogP contribution < -0.4 is 0 Å². The van der Waals surface area contributed by atoms with Crippen LogP contribution >= 0.6 is 15.9 Å². The molecule has 0 radical (unpaired) electrons. The molecule has 0 aliphatic rings. The molecule has 0 aromatic heterocycles. The van der Waals surface area contributed by atoms with Crippen LogP contribution in [0.3, 0.4) is 0 Å². The van der Waals surface area contributed by atoms with Gasteiger partial charge in [-0.2, -0.15) is 0 Å². The first kappa shape index (κ1) is 17.8. The minimum Gasteiger partial charge on any atom is -0.207 e. The summed E-state index contributed by atoms with van der Waals surface area (Å²) in [6.45, 7) is 1.14. The van der Waals surface area contributed by atoms with Crippen LogP contribution in [0.1, 0.15) is 25.0 Å². The Kier molecular flexibility index (Phi) is 4.54. The number of alkyl halides is 4. The smallest absolute Gasteiger partial charge is 0.207 e. The van der Waals surface area contributed by atoms with Gasteiger partial charge in [0.25, 0.3) is 11.8 Å². The molecule has 0 spiro atoms. The maximum atomic E-state index is 14.2. The average molecular weight is 397 g/mol. The Balaban J connectivity index is 2.72. The van der Waals surface area contributed by atoms with Crippen molar-refractivity contribution >= 4 is 15.9 Å². The summed E-state index contributed by atoms with van der Waals surface area (Å²) in [5, 5.41) is 0. The number of rotatable bonds is 3. The predicted octanol–water partition coefficient (Wildman–Crippen LogP) is 6.62. The van der Waals surface area contributed by atoms with Crippen molar-refractivity contribution in [3.05, 3.63) is 57.6 Å². The molecule has 124 valence electrons. The molecule has 0 aliphatic heterocycles. The third kappa shape index (κ3) is 3.71. The summed E-state index contributed by atoms with van der Waals surface area (Å²) >= 11 is 2.90. The SMILES string of the molecule is CC(F)(F)c1cc(F)c(-c2ccc(F)cc2C(C)(F)F)cc1Br. The van der Waals surface area contributed by atoms with Crippen molar-refractivity contribution in [3.8, 4) is 11.1 Å². The lowest BCUT2D eigenvalue weighted by molar-refractivity contribution is 0.0158. The Morgan fingerprint density at radius 2 is 1.35 bits per heavy atom. The van der Waals surface area contributed by atoms with Crippen molar-refractivity contribution in [3.63, 3.8) is 0 Å². The highest BCUT2D eigenvalue weighted by Gasteiger charge is 2.32. The van der Waals surface area contributed by atoms with E-state index in [9.17, 15) is 26.3 Å². The highest BCUT2D eigenvalue weighted by Crippen LogP contribution is 2.41. The molecular weight excluding hydrogens is 386 g/mol. The van der Waals surface area contributed by atoms with Crippen molar-refractivity contribution in [2.75, 3.05) is 0 Å². The van der Waals surface area contributed by atoms with E-state index in [1.165, 1.54) is 0 Å². The van der Waals surface area contributed by atoms with Crippen LogP contribution in [0.15, 0.2) is 34.8 Å². The maximum absolute atomic E-state index is 14.2. The molecule has 0 fully saturated rings. The fourth-order valence-electron chi connectivity index (χ4n) is 2.20. The lowest BCUT2D eigenvalue weighted by atomic mass is 9.94. The van der Waals surface area contributed by atoms with E-state index in [-0.39, 0.29) is 15.6 Å². The molecule has 2 aromatic rings. The van der Waals surface area contributed by atoms with E-state index in [4.69, 9.17) is 0 Å². The summed E-state index contributed by atoms with van der Waals surface area (Å²) < 4.78 is 81.4. The van der Waals surface area contributed by atoms with Gasteiger partial charge < -0.3 is 0 Å². The van der Waals surface area contributed by atoms with Crippen molar-refractivity contribution in [2.24, 2.45) is 0 Å². The van der Waals surface area contributed by atoms with Crippen LogP contribution in [-0.4, -0.2) is 0 Å². The Hall–Kier alpha value is -1.50. The van der Waals surface area contributed by atoms with Crippen molar-refractivity contribution < 1.29 is 26.3 Å². The second-order valence-corrected chi connectivity index (χ2v) is 6.13. The van der Waals surface area contributed by atoms with E-state index in [2.05, 4.69) is 15.9 Å². The quantitative estimate of drug-likeness (QED) is 0.511. The number of hydrogen-bond donors (Lipinski definition) is 0. The topological polar surface area (TPSA) is 0 Å². The molecule has 0 aliphatic carbocycles. The molecule has 0 unspecified atom stereocenters. The molecule has 23 heavy (non-hydrogen) atoms. The summed E-state index contributed by atoms with van der Waals surface area (Å²) in [4.78, 5) is 0. The average Bonchev–Trinajstić information content (AvgIpc) is 2.39. The van der Waals surface area contributed by atoms with Gasteiger partial charge in [0.1, 0.15) is 11.6 Å². The van der Waals surface area contributed by atoms with Crippen LogP contribution in [-0.2, 0) is 11.8 Å². The second kappa shape index (κ2) is 5.85. The molecule has 0 bridgehead atoms. The van der Waals surface area contributed by atoms with Crippen molar-refractivity contribution in [1.29, 1.82) is 0 Å². The van der Waals surface area contributed by atoms with Crippen LogP contribution in [0.2, 0.25) is 0 Å². The molecule has 0 saturated heterocycles. The van der Waals surface area contributed by atoms with E-state index in [0.29, 0.717) is 26.0 Å². The van der Waals surface area contributed by atoms with E-state index in [0.717, 1.165) is 18.2 Å². The van der Waals surface area contributed by atoms with Crippen LogP contribution in [0, 0.1) is 11.6 Å². The van der Waals surface area contributed by atoms with Crippen molar-refractivity contribution in [1.82, 2.24) is 0 Å². The van der Waals surface area contributed by atoms with Gasteiger partial charge >= 0.3 is 0 Å². The van der Waals surface area contributed by atoms with Gasteiger partial charge in [0.15, 0.2) is 0 Å². The molecule has 0 atom stereocenters. The first-order valence-electron chi connectivity index (χ1n) is 6.47. The Morgan fingerprint density at radius 1 is 0.783 bits per heavy atom. The fraction of sp³-hybridized carbons (Fsp3) is 0.250. The summed E-state index contributed by atoms with van der Waals surface area (Å²) in [7, 11) is 0. The van der Waals surface area contributed by atoms with Gasteiger partial charge in [0.05, 0.1) is 0 Å². The van der Waals surface area contributed by atoms with Gasteiger partial charge in [0.2, 0.25) is 0 Å². The lowest BCUT2D eigenvalue weighted by Gasteiger charge is -2.19. The number of benzene rings is 2. The molecule has 2 aromatic carbocycles. The lowest BCUT2D eigenvalue weighted by Crippen LogP contribution is -2.11.